The second-order valence-electron chi connectivity index (χ2n) is 3.95. The van der Waals surface area contributed by atoms with Crippen molar-refractivity contribution in [1.82, 2.24) is 15.3 Å². The van der Waals surface area contributed by atoms with Crippen LogP contribution in [0.5, 0.6) is 0 Å². The van der Waals surface area contributed by atoms with Gasteiger partial charge in [-0.25, -0.2) is 4.98 Å². The lowest BCUT2D eigenvalue weighted by molar-refractivity contribution is 0.0951. The van der Waals surface area contributed by atoms with Crippen molar-refractivity contribution in [1.29, 1.82) is 0 Å². The summed E-state index contributed by atoms with van der Waals surface area (Å²) in [6, 6.07) is 5.43. The number of rotatable bonds is 4. The van der Waals surface area contributed by atoms with Crippen molar-refractivity contribution in [2.75, 3.05) is 5.43 Å². The monoisotopic (exact) mass is 245 g/mol. The summed E-state index contributed by atoms with van der Waals surface area (Å²) >= 11 is 0. The van der Waals surface area contributed by atoms with Crippen molar-refractivity contribution in [3.05, 3.63) is 47.5 Å². The average Bonchev–Trinajstić information content (AvgIpc) is 2.88. The van der Waals surface area contributed by atoms with Gasteiger partial charge in [-0.1, -0.05) is 6.07 Å². The number of carbonyl (C=O) groups is 1. The van der Waals surface area contributed by atoms with Gasteiger partial charge in [0.2, 0.25) is 0 Å². The normalized spacial score (nSPS) is 10.1. The minimum atomic E-state index is -0.183. The molecule has 1 amide bonds. The van der Waals surface area contributed by atoms with Gasteiger partial charge in [0, 0.05) is 6.20 Å². The average molecular weight is 245 g/mol. The molecule has 18 heavy (non-hydrogen) atoms. The lowest BCUT2D eigenvalue weighted by Gasteiger charge is -2.10. The fourth-order valence-corrected chi connectivity index (χ4v) is 1.63. The zero-order valence-corrected chi connectivity index (χ0v) is 10.0. The molecule has 0 saturated carbocycles. The summed E-state index contributed by atoms with van der Waals surface area (Å²) in [5.41, 5.74) is 5.53. The molecule has 1 aromatic heterocycles. The van der Waals surface area contributed by atoms with E-state index in [1.165, 1.54) is 0 Å². The van der Waals surface area contributed by atoms with Gasteiger partial charge in [0.1, 0.15) is 0 Å². The first-order chi connectivity index (χ1) is 8.70. The molecule has 2 aromatic rings. The fraction of sp³-hybridized carbons (Fsp3) is 0.167. The van der Waals surface area contributed by atoms with Crippen molar-refractivity contribution in [2.24, 2.45) is 5.84 Å². The summed E-state index contributed by atoms with van der Waals surface area (Å²) in [6.07, 6.45) is 3.23. The number of aromatic amines is 1. The van der Waals surface area contributed by atoms with E-state index in [2.05, 4.69) is 20.7 Å². The fourth-order valence-electron chi connectivity index (χ4n) is 1.63. The first kappa shape index (κ1) is 12.1. The number of amides is 1. The van der Waals surface area contributed by atoms with Crippen molar-refractivity contribution in [3.8, 4) is 0 Å². The van der Waals surface area contributed by atoms with Gasteiger partial charge in [0.25, 0.3) is 5.91 Å². The molecule has 1 aromatic carbocycles. The van der Waals surface area contributed by atoms with Crippen molar-refractivity contribution in [3.63, 3.8) is 0 Å². The summed E-state index contributed by atoms with van der Waals surface area (Å²) in [6.45, 7) is 2.34. The van der Waals surface area contributed by atoms with Crippen LogP contribution in [-0.4, -0.2) is 15.9 Å². The van der Waals surface area contributed by atoms with Crippen LogP contribution < -0.4 is 16.6 Å². The largest absolute Gasteiger partial charge is 0.347 e. The number of nitrogens with two attached hydrogens (primary N) is 1. The molecule has 94 valence electrons. The Hall–Kier alpha value is -2.34. The van der Waals surface area contributed by atoms with E-state index in [1.807, 2.05) is 19.1 Å². The Balaban J connectivity index is 2.09. The molecule has 6 heteroatoms. The zero-order valence-electron chi connectivity index (χ0n) is 10.0. The first-order valence-corrected chi connectivity index (χ1v) is 5.53. The van der Waals surface area contributed by atoms with Crippen LogP contribution in [-0.2, 0) is 6.54 Å². The Morgan fingerprint density at radius 1 is 1.50 bits per heavy atom. The molecule has 5 N–H and O–H groups in total. The van der Waals surface area contributed by atoms with E-state index in [-0.39, 0.29) is 5.91 Å². The molecule has 0 bridgehead atoms. The number of anilines is 1. The number of imidazole rings is 1. The third-order valence-electron chi connectivity index (χ3n) is 2.57. The second-order valence-corrected chi connectivity index (χ2v) is 3.95. The Kier molecular flexibility index (Phi) is 3.59. The summed E-state index contributed by atoms with van der Waals surface area (Å²) in [4.78, 5) is 18.8. The van der Waals surface area contributed by atoms with E-state index in [1.54, 1.807) is 18.6 Å². The van der Waals surface area contributed by atoms with Crippen LogP contribution in [0.25, 0.3) is 0 Å². The van der Waals surface area contributed by atoms with Crippen LogP contribution in [0.1, 0.15) is 21.6 Å². The number of benzene rings is 1. The van der Waals surface area contributed by atoms with Crippen molar-refractivity contribution < 1.29 is 4.79 Å². The van der Waals surface area contributed by atoms with Gasteiger partial charge in [-0.3, -0.25) is 10.6 Å². The maximum atomic E-state index is 12.0. The molecule has 0 radical (unpaired) electrons. The minimum absolute atomic E-state index is 0.183. The highest BCUT2D eigenvalue weighted by atomic mass is 16.1. The van der Waals surface area contributed by atoms with Crippen LogP contribution in [0.15, 0.2) is 30.7 Å². The van der Waals surface area contributed by atoms with E-state index >= 15 is 0 Å². The quantitative estimate of drug-likeness (QED) is 0.476. The number of nitrogen functional groups attached to an aromatic ring is 1. The van der Waals surface area contributed by atoms with Crippen molar-refractivity contribution >= 4 is 11.6 Å². The number of H-pyrrole nitrogens is 1. The predicted octanol–water partition coefficient (Wildman–Crippen LogP) is 0.934. The number of nitrogens with zero attached hydrogens (tertiary/aromatic N) is 1. The molecular formula is C12H15N5O. The molecule has 0 spiro atoms. The molecule has 0 fully saturated rings. The van der Waals surface area contributed by atoms with Gasteiger partial charge >= 0.3 is 0 Å². The number of hydrogen-bond donors (Lipinski definition) is 4. The molecule has 0 atom stereocenters. The van der Waals surface area contributed by atoms with E-state index in [0.717, 1.165) is 11.3 Å². The third-order valence-corrected chi connectivity index (χ3v) is 2.57. The highest BCUT2D eigenvalue weighted by Crippen LogP contribution is 2.16. The predicted molar refractivity (Wildman–Crippen MR) is 68.7 cm³/mol. The summed E-state index contributed by atoms with van der Waals surface area (Å²) in [7, 11) is 0. The second kappa shape index (κ2) is 5.33. The zero-order chi connectivity index (χ0) is 13.0. The Bertz CT molecular complexity index is 535. The van der Waals surface area contributed by atoms with Gasteiger partial charge in [-0.15, -0.1) is 0 Å². The van der Waals surface area contributed by atoms with E-state index in [9.17, 15) is 4.79 Å². The molecule has 0 aliphatic heterocycles. The Morgan fingerprint density at radius 2 is 2.33 bits per heavy atom. The molecule has 0 aliphatic rings. The van der Waals surface area contributed by atoms with Crippen LogP contribution in [0.4, 0.5) is 5.69 Å². The topological polar surface area (TPSA) is 95.8 Å². The van der Waals surface area contributed by atoms with Gasteiger partial charge in [-0.2, -0.15) is 0 Å². The lowest BCUT2D eigenvalue weighted by atomic mass is 10.1. The molecule has 0 saturated heterocycles. The van der Waals surface area contributed by atoms with Crippen LogP contribution in [0, 0.1) is 6.92 Å². The number of carbonyl (C=O) groups excluding carboxylic acids is 1. The number of aryl methyl sites for hydroxylation is 1. The number of aromatic nitrogens is 2. The number of nitrogens with one attached hydrogen (secondary N) is 3. The minimum Gasteiger partial charge on any atom is -0.347 e. The smallest absolute Gasteiger partial charge is 0.253 e. The number of hydrazine groups is 1. The van der Waals surface area contributed by atoms with Crippen molar-refractivity contribution in [2.45, 2.75) is 13.5 Å². The van der Waals surface area contributed by atoms with Gasteiger partial charge in [0.05, 0.1) is 29.8 Å². The third kappa shape index (κ3) is 2.67. The molecule has 6 nitrogen and oxygen atoms in total. The molecule has 0 aliphatic carbocycles. The molecular weight excluding hydrogens is 230 g/mol. The first-order valence-electron chi connectivity index (χ1n) is 5.53. The maximum absolute atomic E-state index is 12.0. The lowest BCUT2D eigenvalue weighted by Crippen LogP contribution is -2.25. The standard InChI is InChI=1S/C12H15N5O/c1-8-2-3-10(11(4-8)17-13)12(18)15-6-9-5-14-7-16-9/h2-5,7,17H,6,13H2,1H3,(H,14,16)(H,15,18). The van der Waals surface area contributed by atoms with E-state index < -0.39 is 0 Å². The van der Waals surface area contributed by atoms with Crippen LogP contribution in [0.2, 0.25) is 0 Å². The van der Waals surface area contributed by atoms with Gasteiger partial charge in [0.15, 0.2) is 0 Å². The summed E-state index contributed by atoms with van der Waals surface area (Å²) in [5.74, 6) is 5.22. The summed E-state index contributed by atoms with van der Waals surface area (Å²) < 4.78 is 0. The SMILES string of the molecule is Cc1ccc(C(=O)NCc2cnc[nH]2)c(NN)c1. The number of hydrogen-bond acceptors (Lipinski definition) is 4. The highest BCUT2D eigenvalue weighted by molar-refractivity contribution is 5.99. The molecule has 2 rings (SSSR count). The molecule has 0 unspecified atom stereocenters. The van der Waals surface area contributed by atoms with Crippen LogP contribution >= 0.6 is 0 Å². The summed E-state index contributed by atoms with van der Waals surface area (Å²) in [5, 5.41) is 2.79. The molecule has 1 heterocycles. The van der Waals surface area contributed by atoms with Gasteiger partial charge < -0.3 is 15.7 Å². The van der Waals surface area contributed by atoms with Crippen LogP contribution in [0.3, 0.4) is 0 Å². The Morgan fingerprint density at radius 3 is 3.00 bits per heavy atom. The van der Waals surface area contributed by atoms with Gasteiger partial charge in [-0.05, 0) is 24.6 Å². The maximum Gasteiger partial charge on any atom is 0.253 e. The van der Waals surface area contributed by atoms with E-state index in [0.29, 0.717) is 17.8 Å². The Labute approximate surface area is 105 Å². The van der Waals surface area contributed by atoms with E-state index in [4.69, 9.17) is 5.84 Å². The highest BCUT2D eigenvalue weighted by Gasteiger charge is 2.10.